The zero-order valence-corrected chi connectivity index (χ0v) is 8.89. The summed E-state index contributed by atoms with van der Waals surface area (Å²) in [4.78, 5) is 0. The van der Waals surface area contributed by atoms with Crippen molar-refractivity contribution in [1.29, 1.82) is 0 Å². The van der Waals surface area contributed by atoms with Gasteiger partial charge in [-0.2, -0.15) is 0 Å². The molecule has 78 valence electrons. The van der Waals surface area contributed by atoms with Crippen LogP contribution in [0.25, 0.3) is 0 Å². The normalized spacial score (nSPS) is 12.6. The first-order valence-electron chi connectivity index (χ1n) is 5.27. The van der Waals surface area contributed by atoms with E-state index < -0.39 is 0 Å². The van der Waals surface area contributed by atoms with E-state index in [9.17, 15) is 0 Å². The van der Waals surface area contributed by atoms with Crippen LogP contribution in [-0.2, 0) is 6.54 Å². The van der Waals surface area contributed by atoms with Crippen LogP contribution in [-0.4, -0.2) is 0 Å². The third-order valence-electron chi connectivity index (χ3n) is 2.58. The summed E-state index contributed by atoms with van der Waals surface area (Å²) in [5, 5.41) is 2.27. The van der Waals surface area contributed by atoms with E-state index in [2.05, 4.69) is 36.5 Å². The second-order valence-electron chi connectivity index (χ2n) is 3.72. The van der Waals surface area contributed by atoms with Crippen LogP contribution in [0.15, 0.2) is 53.1 Å². The van der Waals surface area contributed by atoms with Gasteiger partial charge in [-0.3, -0.25) is 0 Å². The molecule has 2 aromatic rings. The number of furan rings is 1. The second-order valence-corrected chi connectivity index (χ2v) is 3.72. The number of quaternary nitrogens is 1. The lowest BCUT2D eigenvalue weighted by molar-refractivity contribution is -0.709. The summed E-state index contributed by atoms with van der Waals surface area (Å²) < 4.78 is 5.29. The number of hydrogen-bond donors (Lipinski definition) is 1. The first-order valence-corrected chi connectivity index (χ1v) is 5.27. The molecule has 2 nitrogen and oxygen atoms in total. The van der Waals surface area contributed by atoms with Crippen molar-refractivity contribution in [3.05, 3.63) is 60.1 Å². The zero-order valence-electron chi connectivity index (χ0n) is 8.89. The molecule has 15 heavy (non-hydrogen) atoms. The number of nitrogens with two attached hydrogens (primary N) is 1. The van der Waals surface area contributed by atoms with Gasteiger partial charge in [-0.05, 0) is 19.1 Å². The Morgan fingerprint density at radius 2 is 1.93 bits per heavy atom. The molecular formula is C13H16NO+. The molecule has 0 radical (unpaired) electrons. The molecule has 1 heterocycles. The molecular weight excluding hydrogens is 186 g/mol. The summed E-state index contributed by atoms with van der Waals surface area (Å²) >= 11 is 0. The molecule has 2 N–H and O–H groups in total. The highest BCUT2D eigenvalue weighted by atomic mass is 16.3. The van der Waals surface area contributed by atoms with Crippen molar-refractivity contribution in [3.63, 3.8) is 0 Å². The van der Waals surface area contributed by atoms with Gasteiger partial charge in [-0.15, -0.1) is 0 Å². The molecule has 2 heteroatoms. The molecule has 0 saturated heterocycles. The minimum absolute atomic E-state index is 0.469. The summed E-state index contributed by atoms with van der Waals surface area (Å²) in [6.07, 6.45) is 1.72. The highest BCUT2D eigenvalue weighted by molar-refractivity contribution is 5.16. The minimum atomic E-state index is 0.469. The number of benzene rings is 1. The molecule has 0 amide bonds. The van der Waals surface area contributed by atoms with Crippen LogP contribution >= 0.6 is 0 Å². The van der Waals surface area contributed by atoms with Crippen LogP contribution in [0.5, 0.6) is 0 Å². The van der Waals surface area contributed by atoms with Gasteiger partial charge >= 0.3 is 0 Å². The molecule has 1 atom stereocenters. The lowest BCUT2D eigenvalue weighted by atomic mass is 10.1. The molecule has 0 unspecified atom stereocenters. The second kappa shape index (κ2) is 4.80. The van der Waals surface area contributed by atoms with Crippen LogP contribution in [0.1, 0.15) is 24.3 Å². The molecule has 2 rings (SSSR count). The van der Waals surface area contributed by atoms with E-state index in [1.54, 1.807) is 6.26 Å². The lowest BCUT2D eigenvalue weighted by Gasteiger charge is -2.09. The third kappa shape index (κ3) is 2.70. The van der Waals surface area contributed by atoms with Crippen LogP contribution in [0.4, 0.5) is 0 Å². The number of hydrogen-bond acceptors (Lipinski definition) is 1. The highest BCUT2D eigenvalue weighted by Gasteiger charge is 2.08. The minimum Gasteiger partial charge on any atom is -0.463 e. The summed E-state index contributed by atoms with van der Waals surface area (Å²) in [5.74, 6) is 1.03. The predicted molar refractivity (Wildman–Crippen MR) is 59.2 cm³/mol. The molecule has 0 bridgehead atoms. The standard InChI is InChI=1S/C13H15NO/c1-11(12-6-3-2-4-7-12)14-10-13-8-5-9-15-13/h2-9,11,14H,10H2,1H3/p+1/t11-/m0/s1. The van der Waals surface area contributed by atoms with Gasteiger partial charge in [0.15, 0.2) is 5.76 Å². The van der Waals surface area contributed by atoms with Crippen molar-refractivity contribution in [2.75, 3.05) is 0 Å². The van der Waals surface area contributed by atoms with Crippen LogP contribution in [0, 0.1) is 0 Å². The maximum atomic E-state index is 5.29. The maximum Gasteiger partial charge on any atom is 0.157 e. The van der Waals surface area contributed by atoms with E-state index in [-0.39, 0.29) is 0 Å². The quantitative estimate of drug-likeness (QED) is 0.808. The van der Waals surface area contributed by atoms with Gasteiger partial charge in [-0.1, -0.05) is 30.3 Å². The third-order valence-corrected chi connectivity index (χ3v) is 2.58. The van der Waals surface area contributed by atoms with Crippen molar-refractivity contribution >= 4 is 0 Å². The molecule has 0 aliphatic heterocycles. The van der Waals surface area contributed by atoms with Crippen molar-refractivity contribution < 1.29 is 9.73 Å². The molecule has 0 spiro atoms. The molecule has 1 aromatic heterocycles. The molecule has 0 saturated carbocycles. The SMILES string of the molecule is C[C@H]([NH2+]Cc1ccco1)c1ccccc1. The van der Waals surface area contributed by atoms with Gasteiger partial charge in [0.2, 0.25) is 0 Å². The predicted octanol–water partition coefficient (Wildman–Crippen LogP) is 2.10. The average molecular weight is 202 g/mol. The van der Waals surface area contributed by atoms with E-state index in [1.807, 2.05) is 18.2 Å². The van der Waals surface area contributed by atoms with E-state index in [1.165, 1.54) is 5.56 Å². The van der Waals surface area contributed by atoms with E-state index >= 15 is 0 Å². The first kappa shape index (κ1) is 9.99. The van der Waals surface area contributed by atoms with Crippen LogP contribution < -0.4 is 5.32 Å². The fraction of sp³-hybridized carbons (Fsp3) is 0.231. The largest absolute Gasteiger partial charge is 0.463 e. The molecule has 0 aliphatic carbocycles. The summed E-state index contributed by atoms with van der Waals surface area (Å²) in [6, 6.07) is 14.9. The monoisotopic (exact) mass is 202 g/mol. The van der Waals surface area contributed by atoms with Crippen LogP contribution in [0.2, 0.25) is 0 Å². The van der Waals surface area contributed by atoms with Gasteiger partial charge in [0.25, 0.3) is 0 Å². The summed E-state index contributed by atoms with van der Waals surface area (Å²) in [7, 11) is 0. The maximum absolute atomic E-state index is 5.29. The summed E-state index contributed by atoms with van der Waals surface area (Å²) in [5.41, 5.74) is 1.35. The Morgan fingerprint density at radius 1 is 1.13 bits per heavy atom. The van der Waals surface area contributed by atoms with E-state index in [0.29, 0.717) is 6.04 Å². The Morgan fingerprint density at radius 3 is 2.60 bits per heavy atom. The number of rotatable bonds is 4. The van der Waals surface area contributed by atoms with E-state index in [4.69, 9.17) is 4.42 Å². The summed E-state index contributed by atoms with van der Waals surface area (Å²) in [6.45, 7) is 3.10. The zero-order chi connectivity index (χ0) is 10.5. The highest BCUT2D eigenvalue weighted by Crippen LogP contribution is 2.07. The van der Waals surface area contributed by atoms with Gasteiger partial charge in [0.1, 0.15) is 12.6 Å². The fourth-order valence-electron chi connectivity index (χ4n) is 1.61. The van der Waals surface area contributed by atoms with Gasteiger partial charge in [-0.25, -0.2) is 0 Å². The Hall–Kier alpha value is -1.54. The Labute approximate surface area is 89.9 Å². The molecule has 0 aliphatic rings. The topological polar surface area (TPSA) is 29.8 Å². The Balaban J connectivity index is 1.90. The lowest BCUT2D eigenvalue weighted by Crippen LogP contribution is -2.82. The van der Waals surface area contributed by atoms with Crippen molar-refractivity contribution in [2.24, 2.45) is 0 Å². The molecule has 1 aromatic carbocycles. The fourth-order valence-corrected chi connectivity index (χ4v) is 1.61. The Bertz CT molecular complexity index is 380. The van der Waals surface area contributed by atoms with Crippen molar-refractivity contribution in [3.8, 4) is 0 Å². The first-order chi connectivity index (χ1) is 7.36. The average Bonchev–Trinajstić information content (AvgIpc) is 2.80. The van der Waals surface area contributed by atoms with Crippen LogP contribution in [0.3, 0.4) is 0 Å². The van der Waals surface area contributed by atoms with Crippen molar-refractivity contribution in [2.45, 2.75) is 19.5 Å². The van der Waals surface area contributed by atoms with Crippen molar-refractivity contribution in [1.82, 2.24) is 0 Å². The smallest absolute Gasteiger partial charge is 0.157 e. The van der Waals surface area contributed by atoms with Gasteiger partial charge in [0.05, 0.1) is 6.26 Å². The van der Waals surface area contributed by atoms with E-state index in [0.717, 1.165) is 12.3 Å². The van der Waals surface area contributed by atoms with Gasteiger partial charge < -0.3 is 9.73 Å². The molecule has 0 fully saturated rings. The Kier molecular flexibility index (Phi) is 3.20. The van der Waals surface area contributed by atoms with Gasteiger partial charge in [0, 0.05) is 5.56 Å².